The molecule has 0 saturated carbocycles. The quantitative estimate of drug-likeness (QED) is 0.691. The van der Waals surface area contributed by atoms with Crippen LogP contribution in [0, 0.1) is 5.41 Å². The molecule has 2 heteroatoms. The first kappa shape index (κ1) is 12.6. The Morgan fingerprint density at radius 3 is 1.87 bits per heavy atom. The Hall–Kier alpha value is -0.500. The van der Waals surface area contributed by atoms with Crippen molar-refractivity contribution < 1.29 is 0 Å². The number of nitrogens with zero attached hydrogens (tertiary/aromatic N) is 2. The maximum absolute atomic E-state index is 4.23. The van der Waals surface area contributed by atoms with E-state index in [-0.39, 0.29) is 5.41 Å². The van der Waals surface area contributed by atoms with Crippen LogP contribution in [0.2, 0.25) is 0 Å². The van der Waals surface area contributed by atoms with Crippen molar-refractivity contribution in [2.75, 3.05) is 26.2 Å². The van der Waals surface area contributed by atoms with Crippen LogP contribution in [0.25, 0.3) is 0 Å². The summed E-state index contributed by atoms with van der Waals surface area (Å²) >= 11 is 0. The Labute approximate surface area is 94.9 Å². The van der Waals surface area contributed by atoms with Gasteiger partial charge in [-0.2, -0.15) is 0 Å². The first-order valence-electron chi connectivity index (χ1n) is 6.00. The Kier molecular flexibility index (Phi) is 3.82. The minimum Gasteiger partial charge on any atom is -0.372 e. The minimum absolute atomic E-state index is 0.208. The highest BCUT2D eigenvalue weighted by Crippen LogP contribution is 2.27. The Morgan fingerprint density at radius 2 is 1.53 bits per heavy atom. The van der Waals surface area contributed by atoms with Gasteiger partial charge in [-0.3, -0.25) is 4.90 Å². The van der Waals surface area contributed by atoms with Crippen LogP contribution < -0.4 is 0 Å². The predicted octanol–water partition coefficient (Wildman–Crippen LogP) is 2.57. The van der Waals surface area contributed by atoms with E-state index in [1.54, 1.807) is 0 Å². The van der Waals surface area contributed by atoms with E-state index in [0.29, 0.717) is 6.04 Å². The molecule has 1 fully saturated rings. The lowest BCUT2D eigenvalue weighted by molar-refractivity contribution is 0.116. The van der Waals surface area contributed by atoms with Crippen LogP contribution in [-0.4, -0.2) is 42.0 Å². The fraction of sp³-hybridized carbons (Fsp3) is 0.846. The topological polar surface area (TPSA) is 6.48 Å². The van der Waals surface area contributed by atoms with E-state index in [1.165, 1.54) is 18.8 Å². The van der Waals surface area contributed by atoms with Gasteiger partial charge in [-0.05, 0) is 13.8 Å². The first-order valence-corrected chi connectivity index (χ1v) is 6.00. The SMILES string of the molecule is C=C(N1CCN(C(C)C)CC1)C(C)(C)C. The van der Waals surface area contributed by atoms with Gasteiger partial charge >= 0.3 is 0 Å². The molecule has 1 saturated heterocycles. The zero-order valence-corrected chi connectivity index (χ0v) is 11.0. The van der Waals surface area contributed by atoms with Crippen molar-refractivity contribution in [1.82, 2.24) is 9.80 Å². The third kappa shape index (κ3) is 3.23. The molecule has 15 heavy (non-hydrogen) atoms. The summed E-state index contributed by atoms with van der Waals surface area (Å²) in [6.45, 7) is 20.1. The molecule has 0 unspecified atom stereocenters. The van der Waals surface area contributed by atoms with Crippen LogP contribution in [0.5, 0.6) is 0 Å². The molecule has 0 aromatic heterocycles. The third-order valence-corrected chi connectivity index (χ3v) is 3.29. The third-order valence-electron chi connectivity index (χ3n) is 3.29. The molecule has 0 spiro atoms. The predicted molar refractivity (Wildman–Crippen MR) is 66.9 cm³/mol. The normalized spacial score (nSPS) is 19.7. The van der Waals surface area contributed by atoms with Crippen molar-refractivity contribution in [1.29, 1.82) is 0 Å². The van der Waals surface area contributed by atoms with Crippen LogP contribution >= 0.6 is 0 Å². The van der Waals surface area contributed by atoms with E-state index in [2.05, 4.69) is 51.0 Å². The van der Waals surface area contributed by atoms with Crippen molar-refractivity contribution in [2.45, 2.75) is 40.7 Å². The summed E-state index contributed by atoms with van der Waals surface area (Å²) in [4.78, 5) is 4.98. The van der Waals surface area contributed by atoms with E-state index < -0.39 is 0 Å². The van der Waals surface area contributed by atoms with Gasteiger partial charge in [-0.25, -0.2) is 0 Å². The van der Waals surface area contributed by atoms with E-state index >= 15 is 0 Å². The molecule has 88 valence electrons. The number of allylic oxidation sites excluding steroid dienone is 1. The van der Waals surface area contributed by atoms with Gasteiger partial charge in [0.2, 0.25) is 0 Å². The monoisotopic (exact) mass is 210 g/mol. The summed E-state index contributed by atoms with van der Waals surface area (Å²) in [5.41, 5.74) is 1.49. The van der Waals surface area contributed by atoms with Crippen LogP contribution in [0.15, 0.2) is 12.3 Å². The highest BCUT2D eigenvalue weighted by Gasteiger charge is 2.25. The van der Waals surface area contributed by atoms with Gasteiger partial charge in [0.05, 0.1) is 0 Å². The molecular weight excluding hydrogens is 184 g/mol. The summed E-state index contributed by atoms with van der Waals surface area (Å²) in [5.74, 6) is 0. The Morgan fingerprint density at radius 1 is 1.07 bits per heavy atom. The van der Waals surface area contributed by atoms with E-state index in [4.69, 9.17) is 0 Å². The molecule has 1 rings (SSSR count). The summed E-state index contributed by atoms with van der Waals surface area (Å²) in [7, 11) is 0. The maximum atomic E-state index is 4.23. The number of hydrogen-bond acceptors (Lipinski definition) is 2. The molecule has 1 aliphatic rings. The molecule has 0 amide bonds. The van der Waals surface area contributed by atoms with E-state index in [1.807, 2.05) is 0 Å². The van der Waals surface area contributed by atoms with Gasteiger partial charge in [-0.15, -0.1) is 0 Å². The Balaban J connectivity index is 2.48. The molecule has 1 heterocycles. The lowest BCUT2D eigenvalue weighted by atomic mass is 9.91. The van der Waals surface area contributed by atoms with Gasteiger partial charge in [0.15, 0.2) is 0 Å². The van der Waals surface area contributed by atoms with Crippen molar-refractivity contribution >= 4 is 0 Å². The molecule has 0 atom stereocenters. The molecule has 0 N–H and O–H groups in total. The van der Waals surface area contributed by atoms with E-state index in [0.717, 1.165) is 13.1 Å². The zero-order chi connectivity index (χ0) is 11.6. The standard InChI is InChI=1S/C13H26N2/c1-11(2)14-7-9-15(10-8-14)12(3)13(4,5)6/h11H,3,7-10H2,1-2,4-6H3. The average molecular weight is 210 g/mol. The molecular formula is C13H26N2. The van der Waals surface area contributed by atoms with E-state index in [9.17, 15) is 0 Å². The largest absolute Gasteiger partial charge is 0.372 e. The average Bonchev–Trinajstić information content (AvgIpc) is 2.15. The van der Waals surface area contributed by atoms with Crippen LogP contribution in [-0.2, 0) is 0 Å². The molecule has 0 radical (unpaired) electrons. The lowest BCUT2D eigenvalue weighted by Crippen LogP contribution is -2.49. The molecule has 0 bridgehead atoms. The summed E-state index contributed by atoms with van der Waals surface area (Å²) in [6.07, 6.45) is 0. The molecule has 0 aromatic rings. The minimum atomic E-state index is 0.208. The fourth-order valence-electron chi connectivity index (χ4n) is 1.98. The molecule has 1 aliphatic heterocycles. The summed E-state index contributed by atoms with van der Waals surface area (Å²) in [6, 6.07) is 0.676. The number of hydrogen-bond donors (Lipinski definition) is 0. The van der Waals surface area contributed by atoms with Crippen LogP contribution in [0.3, 0.4) is 0 Å². The second-order valence-electron chi connectivity index (χ2n) is 5.81. The van der Waals surface area contributed by atoms with Gasteiger partial charge in [0, 0.05) is 43.3 Å². The Bertz CT molecular complexity index is 217. The highest BCUT2D eigenvalue weighted by molar-refractivity contribution is 5.05. The van der Waals surface area contributed by atoms with Gasteiger partial charge < -0.3 is 4.90 Å². The van der Waals surface area contributed by atoms with Crippen molar-refractivity contribution in [3.63, 3.8) is 0 Å². The second kappa shape index (κ2) is 4.56. The maximum Gasteiger partial charge on any atom is 0.0303 e. The molecule has 2 nitrogen and oxygen atoms in total. The van der Waals surface area contributed by atoms with Gasteiger partial charge in [0.25, 0.3) is 0 Å². The lowest BCUT2D eigenvalue weighted by Gasteiger charge is -2.42. The molecule has 0 aromatic carbocycles. The van der Waals surface area contributed by atoms with Crippen molar-refractivity contribution in [2.24, 2.45) is 5.41 Å². The summed E-state index contributed by atoms with van der Waals surface area (Å²) < 4.78 is 0. The second-order valence-corrected chi connectivity index (χ2v) is 5.81. The van der Waals surface area contributed by atoms with Crippen molar-refractivity contribution in [3.05, 3.63) is 12.3 Å². The zero-order valence-electron chi connectivity index (χ0n) is 11.0. The smallest absolute Gasteiger partial charge is 0.0303 e. The van der Waals surface area contributed by atoms with Crippen LogP contribution in [0.1, 0.15) is 34.6 Å². The molecule has 0 aliphatic carbocycles. The first-order chi connectivity index (χ1) is 6.82. The number of piperazine rings is 1. The van der Waals surface area contributed by atoms with Crippen LogP contribution in [0.4, 0.5) is 0 Å². The highest BCUT2D eigenvalue weighted by atomic mass is 15.3. The van der Waals surface area contributed by atoms with Gasteiger partial charge in [0.1, 0.15) is 0 Å². The fourth-order valence-corrected chi connectivity index (χ4v) is 1.98. The summed E-state index contributed by atoms with van der Waals surface area (Å²) in [5, 5.41) is 0. The van der Waals surface area contributed by atoms with Crippen molar-refractivity contribution in [3.8, 4) is 0 Å². The van der Waals surface area contributed by atoms with Gasteiger partial charge in [-0.1, -0.05) is 27.4 Å². The number of rotatable bonds is 2.